The van der Waals surface area contributed by atoms with Crippen molar-refractivity contribution < 1.29 is 18.3 Å². The first-order valence-corrected chi connectivity index (χ1v) is 4.60. The van der Waals surface area contributed by atoms with Gasteiger partial charge in [-0.1, -0.05) is 11.6 Å². The van der Waals surface area contributed by atoms with Gasteiger partial charge in [0.2, 0.25) is 0 Å². The maximum atomic E-state index is 12.5. The van der Waals surface area contributed by atoms with Gasteiger partial charge in [0.05, 0.1) is 18.6 Å². The molecule has 0 fully saturated rings. The molecule has 1 rings (SSSR count). The summed E-state index contributed by atoms with van der Waals surface area (Å²) in [6.07, 6.45) is -2.15. The molecule has 16 heavy (non-hydrogen) atoms. The number of alkyl halides is 2. The Morgan fingerprint density at radius 1 is 1.62 bits per heavy atom. The lowest BCUT2D eigenvalue weighted by molar-refractivity contribution is -0.139. The summed E-state index contributed by atoms with van der Waals surface area (Å²) in [6, 6.07) is 0. The Bertz CT molecular complexity index is 459. The fourth-order valence-corrected chi connectivity index (χ4v) is 1.41. The molecule has 7 heteroatoms. The molecule has 0 unspecified atom stereocenters. The van der Waals surface area contributed by atoms with Crippen LogP contribution in [0.4, 0.5) is 8.78 Å². The van der Waals surface area contributed by atoms with Crippen molar-refractivity contribution in [3.8, 4) is 0 Å². The number of methoxy groups -OCH3 is 1. The minimum Gasteiger partial charge on any atom is -0.469 e. The van der Waals surface area contributed by atoms with E-state index in [0.29, 0.717) is 0 Å². The summed E-state index contributed by atoms with van der Waals surface area (Å²) in [5, 5.41) is -0.399. The highest BCUT2D eigenvalue weighted by molar-refractivity contribution is 6.32. The molecule has 4 nitrogen and oxygen atoms in total. The molecular formula is C9H8ClF2NO3. The predicted molar refractivity (Wildman–Crippen MR) is 52.7 cm³/mol. The number of rotatable bonds is 3. The number of H-pyrrole nitrogens is 1. The van der Waals surface area contributed by atoms with Crippen LogP contribution in [-0.2, 0) is 16.0 Å². The number of carbonyl (C=O) groups is 1. The number of esters is 1. The van der Waals surface area contributed by atoms with E-state index in [1.54, 1.807) is 0 Å². The van der Waals surface area contributed by atoms with Crippen molar-refractivity contribution in [2.24, 2.45) is 0 Å². The predicted octanol–water partition coefficient (Wildman–Crippen LogP) is 1.68. The van der Waals surface area contributed by atoms with E-state index in [2.05, 4.69) is 9.72 Å². The summed E-state index contributed by atoms with van der Waals surface area (Å²) in [7, 11) is 1.16. The standard InChI is InChI=1S/C9H8ClF2NO3/c1-16-5(14)2-4-3-13-9(15)6(7(4)10)8(11)12/h3,8H,2H2,1H3,(H,13,15). The third-order valence-electron chi connectivity index (χ3n) is 1.92. The Morgan fingerprint density at radius 3 is 2.75 bits per heavy atom. The molecule has 0 aromatic carbocycles. The highest BCUT2D eigenvalue weighted by Crippen LogP contribution is 2.26. The molecule has 0 aliphatic heterocycles. The number of nitrogens with one attached hydrogen (secondary N) is 1. The number of hydrogen-bond donors (Lipinski definition) is 1. The van der Waals surface area contributed by atoms with Gasteiger partial charge in [-0.3, -0.25) is 9.59 Å². The van der Waals surface area contributed by atoms with Gasteiger partial charge >= 0.3 is 5.97 Å². The van der Waals surface area contributed by atoms with Gasteiger partial charge in [0, 0.05) is 6.20 Å². The highest BCUT2D eigenvalue weighted by atomic mass is 35.5. The molecule has 0 saturated carbocycles. The fourth-order valence-electron chi connectivity index (χ4n) is 1.12. The number of aromatic nitrogens is 1. The summed E-state index contributed by atoms with van der Waals surface area (Å²) >= 11 is 5.60. The summed E-state index contributed by atoms with van der Waals surface area (Å²) in [4.78, 5) is 24.1. The number of ether oxygens (including phenoxy) is 1. The minimum atomic E-state index is -2.99. The zero-order valence-electron chi connectivity index (χ0n) is 8.22. The molecule has 0 aliphatic carbocycles. The van der Waals surface area contributed by atoms with Crippen molar-refractivity contribution in [2.75, 3.05) is 7.11 Å². The first-order valence-electron chi connectivity index (χ1n) is 4.22. The largest absolute Gasteiger partial charge is 0.469 e. The molecule has 0 radical (unpaired) electrons. The molecule has 1 N–H and O–H groups in total. The van der Waals surface area contributed by atoms with Crippen LogP contribution in [0, 0.1) is 0 Å². The molecule has 1 aromatic heterocycles. The van der Waals surface area contributed by atoms with Crippen LogP contribution < -0.4 is 5.56 Å². The molecule has 0 atom stereocenters. The second-order valence-corrected chi connectivity index (χ2v) is 3.30. The Hall–Kier alpha value is -1.43. The first-order chi connectivity index (χ1) is 7.47. The molecule has 1 heterocycles. The van der Waals surface area contributed by atoms with Crippen molar-refractivity contribution in [2.45, 2.75) is 12.8 Å². The number of hydrogen-bond acceptors (Lipinski definition) is 3. The van der Waals surface area contributed by atoms with Gasteiger partial charge in [-0.25, -0.2) is 8.78 Å². The molecule has 0 bridgehead atoms. The van der Waals surface area contributed by atoms with Gasteiger partial charge in [0.25, 0.3) is 12.0 Å². The van der Waals surface area contributed by atoms with E-state index in [0.717, 1.165) is 13.3 Å². The molecule has 0 amide bonds. The Labute approximate surface area is 94.2 Å². The van der Waals surface area contributed by atoms with Gasteiger partial charge in [-0.05, 0) is 5.56 Å². The second-order valence-electron chi connectivity index (χ2n) is 2.92. The van der Waals surface area contributed by atoms with E-state index < -0.39 is 28.5 Å². The van der Waals surface area contributed by atoms with Crippen molar-refractivity contribution in [1.29, 1.82) is 0 Å². The maximum Gasteiger partial charge on any atom is 0.310 e. The lowest BCUT2D eigenvalue weighted by atomic mass is 10.1. The topological polar surface area (TPSA) is 59.2 Å². The van der Waals surface area contributed by atoms with E-state index in [9.17, 15) is 18.4 Å². The second kappa shape index (κ2) is 5.07. The van der Waals surface area contributed by atoms with Crippen LogP contribution in [0.1, 0.15) is 17.6 Å². The van der Waals surface area contributed by atoms with E-state index in [1.807, 2.05) is 0 Å². The highest BCUT2D eigenvalue weighted by Gasteiger charge is 2.20. The van der Waals surface area contributed by atoms with Crippen LogP contribution in [0.5, 0.6) is 0 Å². The van der Waals surface area contributed by atoms with Crippen LogP contribution in [-0.4, -0.2) is 18.1 Å². The number of pyridine rings is 1. The summed E-state index contributed by atoms with van der Waals surface area (Å²) in [6.45, 7) is 0. The third-order valence-corrected chi connectivity index (χ3v) is 2.37. The van der Waals surface area contributed by atoms with Crippen LogP contribution >= 0.6 is 11.6 Å². The minimum absolute atomic E-state index is 0.100. The van der Waals surface area contributed by atoms with Gasteiger partial charge in [-0.15, -0.1) is 0 Å². The van der Waals surface area contributed by atoms with Crippen molar-refractivity contribution in [3.63, 3.8) is 0 Å². The van der Waals surface area contributed by atoms with E-state index in [4.69, 9.17) is 11.6 Å². The Kier molecular flexibility index (Phi) is 4.00. The number of carbonyl (C=O) groups excluding carboxylic acids is 1. The summed E-state index contributed by atoms with van der Waals surface area (Å²) in [5.41, 5.74) is -1.69. The zero-order chi connectivity index (χ0) is 12.3. The average molecular weight is 252 g/mol. The summed E-state index contributed by atoms with van der Waals surface area (Å²) in [5.74, 6) is -0.630. The SMILES string of the molecule is COC(=O)Cc1c[nH]c(=O)c(C(F)F)c1Cl. The van der Waals surface area contributed by atoms with Gasteiger partial charge in [0.15, 0.2) is 0 Å². The van der Waals surface area contributed by atoms with E-state index in [-0.39, 0.29) is 12.0 Å². The van der Waals surface area contributed by atoms with Crippen LogP contribution in [0.25, 0.3) is 0 Å². The first kappa shape index (κ1) is 12.6. The normalized spacial score (nSPS) is 10.6. The molecule has 0 aliphatic rings. The number of aromatic amines is 1. The van der Waals surface area contributed by atoms with Crippen molar-refractivity contribution in [3.05, 3.63) is 32.7 Å². The maximum absolute atomic E-state index is 12.5. The van der Waals surface area contributed by atoms with Crippen LogP contribution in [0.2, 0.25) is 5.02 Å². The molecule has 0 saturated heterocycles. The van der Waals surface area contributed by atoms with Crippen LogP contribution in [0.3, 0.4) is 0 Å². The molecule has 0 spiro atoms. The van der Waals surface area contributed by atoms with Gasteiger partial charge in [0.1, 0.15) is 5.56 Å². The van der Waals surface area contributed by atoms with Crippen molar-refractivity contribution in [1.82, 2.24) is 4.98 Å². The Morgan fingerprint density at radius 2 is 2.25 bits per heavy atom. The molecular weight excluding hydrogens is 244 g/mol. The lowest BCUT2D eigenvalue weighted by Gasteiger charge is -2.06. The number of halogens is 3. The Balaban J connectivity index is 3.19. The van der Waals surface area contributed by atoms with E-state index in [1.165, 1.54) is 0 Å². The monoisotopic (exact) mass is 251 g/mol. The molecule has 1 aromatic rings. The average Bonchev–Trinajstić information content (AvgIpc) is 2.21. The van der Waals surface area contributed by atoms with Gasteiger partial charge < -0.3 is 9.72 Å². The van der Waals surface area contributed by atoms with Crippen molar-refractivity contribution >= 4 is 17.6 Å². The zero-order valence-corrected chi connectivity index (χ0v) is 8.98. The molecule has 88 valence electrons. The van der Waals surface area contributed by atoms with E-state index >= 15 is 0 Å². The fraction of sp³-hybridized carbons (Fsp3) is 0.333. The van der Waals surface area contributed by atoms with Crippen LogP contribution in [0.15, 0.2) is 11.0 Å². The quantitative estimate of drug-likeness (QED) is 0.832. The third kappa shape index (κ3) is 2.57. The lowest BCUT2D eigenvalue weighted by Crippen LogP contribution is -2.16. The summed E-state index contributed by atoms with van der Waals surface area (Å²) < 4.78 is 29.3. The van der Waals surface area contributed by atoms with Gasteiger partial charge in [-0.2, -0.15) is 0 Å². The smallest absolute Gasteiger partial charge is 0.310 e.